The van der Waals surface area contributed by atoms with Gasteiger partial charge in [-0.15, -0.1) is 0 Å². The summed E-state index contributed by atoms with van der Waals surface area (Å²) in [5, 5.41) is 4.00. The molecule has 0 unspecified atom stereocenters. The fourth-order valence-corrected chi connectivity index (χ4v) is 2.09. The maximum Gasteiger partial charge on any atom is 0.226 e. The van der Waals surface area contributed by atoms with Crippen LogP contribution in [0.1, 0.15) is 38.4 Å². The molecule has 1 aromatic rings. The Hall–Kier alpha value is -0.940. The summed E-state index contributed by atoms with van der Waals surface area (Å²) < 4.78 is 5.13. The summed E-state index contributed by atoms with van der Waals surface area (Å²) in [5.41, 5.74) is 5.97. The van der Waals surface area contributed by atoms with E-state index in [-0.39, 0.29) is 5.54 Å². The maximum atomic E-state index is 6.35. The smallest absolute Gasteiger partial charge is 0.226 e. The molecule has 1 aromatic heterocycles. The van der Waals surface area contributed by atoms with E-state index < -0.39 is 0 Å². The van der Waals surface area contributed by atoms with Crippen LogP contribution < -0.4 is 5.73 Å². The van der Waals surface area contributed by atoms with E-state index in [1.165, 1.54) is 0 Å². The minimum Gasteiger partial charge on any atom is -0.339 e. The molecule has 1 fully saturated rings. The summed E-state index contributed by atoms with van der Waals surface area (Å²) in [6.07, 6.45) is 2.58. The van der Waals surface area contributed by atoms with E-state index >= 15 is 0 Å². The molecule has 0 spiro atoms. The molecule has 90 valence electrons. The van der Waals surface area contributed by atoms with Crippen LogP contribution in [0.3, 0.4) is 0 Å². The molecule has 1 aliphatic heterocycles. The molecule has 16 heavy (non-hydrogen) atoms. The van der Waals surface area contributed by atoms with Crippen molar-refractivity contribution < 1.29 is 4.52 Å². The van der Waals surface area contributed by atoms with Gasteiger partial charge in [0.05, 0.1) is 5.54 Å². The molecule has 0 atom stereocenters. The highest BCUT2D eigenvalue weighted by atomic mass is 16.5. The first-order valence-corrected chi connectivity index (χ1v) is 6.02. The van der Waals surface area contributed by atoms with E-state index in [4.69, 9.17) is 10.3 Å². The van der Waals surface area contributed by atoms with Crippen LogP contribution in [0.4, 0.5) is 0 Å². The lowest BCUT2D eigenvalue weighted by Crippen LogP contribution is -2.48. The number of hydrogen-bond acceptors (Lipinski definition) is 5. The number of nitrogens with two attached hydrogens (primary N) is 1. The van der Waals surface area contributed by atoms with E-state index in [1.807, 2.05) is 6.92 Å². The minimum absolute atomic E-state index is 0.386. The second-order valence-electron chi connectivity index (χ2n) is 4.46. The van der Waals surface area contributed by atoms with Crippen LogP contribution in [0, 0.1) is 0 Å². The first-order valence-electron chi connectivity index (χ1n) is 6.02. The van der Waals surface area contributed by atoms with Crippen LogP contribution in [0.25, 0.3) is 0 Å². The molecule has 0 amide bonds. The second kappa shape index (κ2) is 4.51. The van der Waals surface area contributed by atoms with E-state index in [0.717, 1.165) is 38.9 Å². The molecule has 2 rings (SSSR count). The number of piperidine rings is 1. The van der Waals surface area contributed by atoms with Gasteiger partial charge in [0.25, 0.3) is 0 Å². The molecule has 0 radical (unpaired) electrons. The molecular weight excluding hydrogens is 204 g/mol. The average molecular weight is 224 g/mol. The predicted octanol–water partition coefficient (Wildman–Crippen LogP) is 0.902. The zero-order valence-corrected chi connectivity index (χ0v) is 10.1. The Bertz CT molecular complexity index is 342. The Balaban J connectivity index is 2.08. The Morgan fingerprint density at radius 3 is 2.56 bits per heavy atom. The van der Waals surface area contributed by atoms with Crippen LogP contribution in [0.2, 0.25) is 0 Å². The lowest BCUT2D eigenvalue weighted by molar-refractivity contribution is 0.160. The number of hydrogen-bond donors (Lipinski definition) is 1. The van der Waals surface area contributed by atoms with Crippen LogP contribution in [0.15, 0.2) is 4.52 Å². The Labute approximate surface area is 96.0 Å². The third kappa shape index (κ3) is 2.10. The fourth-order valence-electron chi connectivity index (χ4n) is 2.09. The van der Waals surface area contributed by atoms with Crippen LogP contribution in [0.5, 0.6) is 0 Å². The number of likely N-dealkylation sites (tertiary alicyclic amines) is 1. The van der Waals surface area contributed by atoms with E-state index in [9.17, 15) is 0 Å². The van der Waals surface area contributed by atoms with Crippen molar-refractivity contribution in [1.82, 2.24) is 15.0 Å². The second-order valence-corrected chi connectivity index (χ2v) is 4.46. The zero-order chi connectivity index (χ0) is 11.6. The largest absolute Gasteiger partial charge is 0.339 e. The maximum absolute atomic E-state index is 6.35. The standard InChI is InChI=1S/C11H20N4O/c1-3-9-13-10(14-16-9)11(12)5-7-15(4-2)8-6-11/h3-8,12H2,1-2H3. The van der Waals surface area contributed by atoms with Gasteiger partial charge in [0, 0.05) is 19.5 Å². The zero-order valence-electron chi connectivity index (χ0n) is 10.1. The molecule has 2 N–H and O–H groups in total. The summed E-state index contributed by atoms with van der Waals surface area (Å²) in [7, 11) is 0. The van der Waals surface area contributed by atoms with E-state index in [1.54, 1.807) is 0 Å². The molecule has 1 aliphatic rings. The van der Waals surface area contributed by atoms with Gasteiger partial charge in [0.2, 0.25) is 5.89 Å². The number of aryl methyl sites for hydroxylation is 1. The molecule has 0 saturated carbocycles. The highest BCUT2D eigenvalue weighted by molar-refractivity contribution is 5.06. The van der Waals surface area contributed by atoms with Gasteiger partial charge in [-0.1, -0.05) is 19.0 Å². The molecule has 2 heterocycles. The summed E-state index contributed by atoms with van der Waals surface area (Å²) >= 11 is 0. The van der Waals surface area contributed by atoms with Gasteiger partial charge in [0.15, 0.2) is 5.82 Å². The molecule has 0 aliphatic carbocycles. The third-order valence-corrected chi connectivity index (χ3v) is 3.41. The SMILES string of the molecule is CCc1nc(C2(N)CCN(CC)CC2)no1. The van der Waals surface area contributed by atoms with Crippen molar-refractivity contribution in [2.24, 2.45) is 5.73 Å². The fraction of sp³-hybridized carbons (Fsp3) is 0.818. The summed E-state index contributed by atoms with van der Waals surface area (Å²) in [6, 6.07) is 0. The van der Waals surface area contributed by atoms with Crippen molar-refractivity contribution >= 4 is 0 Å². The van der Waals surface area contributed by atoms with Gasteiger partial charge in [-0.05, 0) is 19.4 Å². The van der Waals surface area contributed by atoms with Crippen LogP contribution in [-0.2, 0) is 12.0 Å². The molecule has 5 nitrogen and oxygen atoms in total. The van der Waals surface area contributed by atoms with Crippen molar-refractivity contribution in [3.63, 3.8) is 0 Å². The van der Waals surface area contributed by atoms with Gasteiger partial charge in [-0.3, -0.25) is 0 Å². The highest BCUT2D eigenvalue weighted by Gasteiger charge is 2.36. The van der Waals surface area contributed by atoms with Crippen molar-refractivity contribution in [3.8, 4) is 0 Å². The lowest BCUT2D eigenvalue weighted by atomic mass is 9.88. The summed E-state index contributed by atoms with van der Waals surface area (Å²) in [6.45, 7) is 7.29. The average Bonchev–Trinajstić information content (AvgIpc) is 2.79. The number of nitrogens with zero attached hydrogens (tertiary/aromatic N) is 3. The topological polar surface area (TPSA) is 68.2 Å². The van der Waals surface area contributed by atoms with Gasteiger partial charge < -0.3 is 15.2 Å². The molecular formula is C11H20N4O. The predicted molar refractivity (Wildman–Crippen MR) is 60.9 cm³/mol. The third-order valence-electron chi connectivity index (χ3n) is 3.41. The summed E-state index contributed by atoms with van der Waals surface area (Å²) in [4.78, 5) is 6.75. The monoisotopic (exact) mass is 224 g/mol. The quantitative estimate of drug-likeness (QED) is 0.826. The Morgan fingerprint density at radius 2 is 2.06 bits per heavy atom. The first-order chi connectivity index (χ1) is 7.68. The molecule has 0 aromatic carbocycles. The molecule has 0 bridgehead atoms. The van der Waals surface area contributed by atoms with Crippen LogP contribution in [-0.4, -0.2) is 34.7 Å². The van der Waals surface area contributed by atoms with Crippen molar-refractivity contribution in [1.29, 1.82) is 0 Å². The number of aromatic nitrogens is 2. The first kappa shape index (κ1) is 11.5. The van der Waals surface area contributed by atoms with Gasteiger partial charge >= 0.3 is 0 Å². The highest BCUT2D eigenvalue weighted by Crippen LogP contribution is 2.28. The normalized spacial score (nSPS) is 21.2. The summed E-state index contributed by atoms with van der Waals surface area (Å²) in [5.74, 6) is 1.36. The van der Waals surface area contributed by atoms with Crippen molar-refractivity contribution in [2.45, 2.75) is 38.6 Å². The van der Waals surface area contributed by atoms with E-state index in [2.05, 4.69) is 22.0 Å². The van der Waals surface area contributed by atoms with Gasteiger partial charge in [-0.25, -0.2) is 0 Å². The van der Waals surface area contributed by atoms with E-state index in [0.29, 0.717) is 11.7 Å². The minimum atomic E-state index is -0.386. The van der Waals surface area contributed by atoms with Crippen LogP contribution >= 0.6 is 0 Å². The molecule has 1 saturated heterocycles. The van der Waals surface area contributed by atoms with Gasteiger partial charge in [-0.2, -0.15) is 4.98 Å². The van der Waals surface area contributed by atoms with Crippen molar-refractivity contribution in [3.05, 3.63) is 11.7 Å². The Kier molecular flexibility index (Phi) is 3.25. The van der Waals surface area contributed by atoms with Gasteiger partial charge in [0.1, 0.15) is 0 Å². The van der Waals surface area contributed by atoms with Crippen molar-refractivity contribution in [2.75, 3.05) is 19.6 Å². The Morgan fingerprint density at radius 1 is 1.38 bits per heavy atom. The number of rotatable bonds is 3. The lowest BCUT2D eigenvalue weighted by Gasteiger charge is -2.36. The molecule has 5 heteroatoms.